The molecule has 8 nitrogen and oxygen atoms in total. The standard InChI is InChI=1S/C19H25N5O3S/c1-15-4-5-17(14-16(15)2)18(25)20-8-13-28(26,27)24-11-9-23(10-12-24)19-21-6-3-7-22-19/h3-7,14H,8-13H2,1-2H3,(H,20,25). The lowest BCUT2D eigenvalue weighted by Gasteiger charge is -2.33. The summed E-state index contributed by atoms with van der Waals surface area (Å²) in [6.45, 7) is 5.84. The molecule has 1 amide bonds. The molecular formula is C19H25N5O3S. The number of benzene rings is 1. The van der Waals surface area contributed by atoms with Crippen LogP contribution in [0.2, 0.25) is 0 Å². The lowest BCUT2D eigenvalue weighted by Crippen LogP contribution is -2.50. The van der Waals surface area contributed by atoms with E-state index in [9.17, 15) is 13.2 Å². The molecule has 0 spiro atoms. The van der Waals surface area contributed by atoms with Gasteiger partial charge in [0, 0.05) is 50.7 Å². The molecule has 1 N–H and O–H groups in total. The van der Waals surface area contributed by atoms with E-state index in [1.54, 1.807) is 24.5 Å². The zero-order chi connectivity index (χ0) is 20.1. The van der Waals surface area contributed by atoms with Gasteiger partial charge in [0.1, 0.15) is 0 Å². The van der Waals surface area contributed by atoms with E-state index in [0.717, 1.165) is 11.1 Å². The summed E-state index contributed by atoms with van der Waals surface area (Å²) in [7, 11) is -3.43. The Labute approximate surface area is 165 Å². The Morgan fingerprint density at radius 3 is 2.39 bits per heavy atom. The Kier molecular flexibility index (Phi) is 6.25. The van der Waals surface area contributed by atoms with Crippen molar-refractivity contribution in [3.8, 4) is 0 Å². The quantitative estimate of drug-likeness (QED) is 0.772. The van der Waals surface area contributed by atoms with Crippen LogP contribution in [-0.4, -0.2) is 67.1 Å². The number of nitrogens with zero attached hydrogens (tertiary/aromatic N) is 4. The molecule has 2 aromatic rings. The monoisotopic (exact) mass is 403 g/mol. The van der Waals surface area contributed by atoms with Gasteiger partial charge in [0.2, 0.25) is 16.0 Å². The summed E-state index contributed by atoms with van der Waals surface area (Å²) in [4.78, 5) is 22.6. The number of piperazine rings is 1. The maximum absolute atomic E-state index is 12.6. The van der Waals surface area contributed by atoms with Crippen molar-refractivity contribution in [3.63, 3.8) is 0 Å². The van der Waals surface area contributed by atoms with Crippen molar-refractivity contribution in [1.82, 2.24) is 19.6 Å². The van der Waals surface area contributed by atoms with Crippen LogP contribution in [0.15, 0.2) is 36.7 Å². The smallest absolute Gasteiger partial charge is 0.251 e. The zero-order valence-electron chi connectivity index (χ0n) is 16.1. The van der Waals surface area contributed by atoms with E-state index in [1.165, 1.54) is 4.31 Å². The van der Waals surface area contributed by atoms with Crippen molar-refractivity contribution >= 4 is 21.9 Å². The molecule has 28 heavy (non-hydrogen) atoms. The van der Waals surface area contributed by atoms with E-state index in [0.29, 0.717) is 37.7 Å². The first-order valence-corrected chi connectivity index (χ1v) is 10.8. The van der Waals surface area contributed by atoms with Gasteiger partial charge in [0.05, 0.1) is 5.75 Å². The van der Waals surface area contributed by atoms with E-state index < -0.39 is 10.0 Å². The molecule has 9 heteroatoms. The minimum atomic E-state index is -3.43. The summed E-state index contributed by atoms with van der Waals surface area (Å²) >= 11 is 0. The molecule has 0 unspecified atom stereocenters. The number of amides is 1. The van der Waals surface area contributed by atoms with Gasteiger partial charge in [0.25, 0.3) is 5.91 Å². The Morgan fingerprint density at radius 2 is 1.75 bits per heavy atom. The van der Waals surface area contributed by atoms with Crippen molar-refractivity contribution < 1.29 is 13.2 Å². The third-order valence-corrected chi connectivity index (χ3v) is 6.75. The maximum atomic E-state index is 12.6. The number of carbonyl (C=O) groups excluding carboxylic acids is 1. The number of anilines is 1. The van der Waals surface area contributed by atoms with E-state index in [-0.39, 0.29) is 18.2 Å². The van der Waals surface area contributed by atoms with E-state index in [1.807, 2.05) is 30.9 Å². The van der Waals surface area contributed by atoms with Gasteiger partial charge >= 0.3 is 0 Å². The Morgan fingerprint density at radius 1 is 1.07 bits per heavy atom. The largest absolute Gasteiger partial charge is 0.351 e. The lowest BCUT2D eigenvalue weighted by molar-refractivity contribution is 0.0956. The molecule has 0 saturated carbocycles. The summed E-state index contributed by atoms with van der Waals surface area (Å²) in [5.41, 5.74) is 2.68. The Hall–Kier alpha value is -2.52. The molecule has 0 bridgehead atoms. The number of aryl methyl sites for hydroxylation is 2. The number of carbonyl (C=O) groups is 1. The van der Waals surface area contributed by atoms with Gasteiger partial charge in [-0.2, -0.15) is 4.31 Å². The van der Waals surface area contributed by atoms with Crippen LogP contribution in [0.5, 0.6) is 0 Å². The predicted molar refractivity (Wildman–Crippen MR) is 108 cm³/mol. The minimum Gasteiger partial charge on any atom is -0.351 e. The minimum absolute atomic E-state index is 0.0795. The molecule has 3 rings (SSSR count). The van der Waals surface area contributed by atoms with Gasteiger partial charge in [-0.1, -0.05) is 6.07 Å². The number of hydrogen-bond acceptors (Lipinski definition) is 6. The molecule has 0 atom stereocenters. The van der Waals surface area contributed by atoms with E-state index >= 15 is 0 Å². The molecule has 0 radical (unpaired) electrons. The second-order valence-electron chi connectivity index (χ2n) is 6.81. The van der Waals surface area contributed by atoms with Crippen molar-refractivity contribution in [3.05, 3.63) is 53.3 Å². The number of rotatable bonds is 6. The zero-order valence-corrected chi connectivity index (χ0v) is 16.9. The van der Waals surface area contributed by atoms with Crippen LogP contribution in [0.3, 0.4) is 0 Å². The fraction of sp³-hybridized carbons (Fsp3) is 0.421. The molecular weight excluding hydrogens is 378 g/mol. The van der Waals surface area contributed by atoms with Crippen LogP contribution in [0, 0.1) is 13.8 Å². The van der Waals surface area contributed by atoms with Crippen molar-refractivity contribution in [2.45, 2.75) is 13.8 Å². The van der Waals surface area contributed by atoms with Gasteiger partial charge in [0.15, 0.2) is 0 Å². The van der Waals surface area contributed by atoms with Gasteiger partial charge < -0.3 is 10.2 Å². The molecule has 1 aliphatic rings. The number of aromatic nitrogens is 2. The molecule has 1 fully saturated rings. The summed E-state index contributed by atoms with van der Waals surface area (Å²) in [6.07, 6.45) is 3.34. The topological polar surface area (TPSA) is 95.5 Å². The van der Waals surface area contributed by atoms with E-state index in [4.69, 9.17) is 0 Å². The van der Waals surface area contributed by atoms with Crippen molar-refractivity contribution in [2.24, 2.45) is 0 Å². The number of nitrogens with one attached hydrogen (secondary N) is 1. The molecule has 1 aromatic heterocycles. The highest BCUT2D eigenvalue weighted by Gasteiger charge is 2.27. The first-order chi connectivity index (χ1) is 13.4. The van der Waals surface area contributed by atoms with Crippen LogP contribution in [-0.2, 0) is 10.0 Å². The second-order valence-corrected chi connectivity index (χ2v) is 8.89. The molecule has 1 aliphatic heterocycles. The summed E-state index contributed by atoms with van der Waals surface area (Å²) in [5.74, 6) is 0.232. The predicted octanol–water partition coefficient (Wildman–Crippen LogP) is 0.975. The van der Waals surface area contributed by atoms with Gasteiger partial charge in [-0.05, 0) is 43.2 Å². The average molecular weight is 404 g/mol. The third-order valence-electron chi connectivity index (χ3n) is 4.88. The van der Waals surface area contributed by atoms with Crippen LogP contribution in [0.4, 0.5) is 5.95 Å². The van der Waals surface area contributed by atoms with Crippen molar-refractivity contribution in [1.29, 1.82) is 0 Å². The fourth-order valence-electron chi connectivity index (χ4n) is 3.03. The highest BCUT2D eigenvalue weighted by atomic mass is 32.2. The molecule has 150 valence electrons. The van der Waals surface area contributed by atoms with Gasteiger partial charge in [-0.3, -0.25) is 4.79 Å². The fourth-order valence-corrected chi connectivity index (χ4v) is 4.37. The molecule has 0 aliphatic carbocycles. The third kappa shape index (κ3) is 4.85. The second kappa shape index (κ2) is 8.66. The first kappa shape index (κ1) is 20.2. The normalized spacial score (nSPS) is 15.4. The SMILES string of the molecule is Cc1ccc(C(=O)NCCS(=O)(=O)N2CCN(c3ncccn3)CC2)cc1C. The highest BCUT2D eigenvalue weighted by molar-refractivity contribution is 7.89. The molecule has 1 saturated heterocycles. The van der Waals surface area contributed by atoms with E-state index in [2.05, 4.69) is 15.3 Å². The summed E-state index contributed by atoms with van der Waals surface area (Å²) in [5, 5.41) is 2.70. The van der Waals surface area contributed by atoms with Crippen molar-refractivity contribution in [2.75, 3.05) is 43.4 Å². The Balaban J connectivity index is 1.49. The van der Waals surface area contributed by atoms with Crippen LogP contribution in [0.1, 0.15) is 21.5 Å². The highest BCUT2D eigenvalue weighted by Crippen LogP contribution is 2.13. The molecule has 1 aromatic carbocycles. The molecule has 2 heterocycles. The van der Waals surface area contributed by atoms with Crippen LogP contribution < -0.4 is 10.2 Å². The number of hydrogen-bond donors (Lipinski definition) is 1. The summed E-state index contributed by atoms with van der Waals surface area (Å²) < 4.78 is 26.6. The van der Waals surface area contributed by atoms with Crippen LogP contribution in [0.25, 0.3) is 0 Å². The van der Waals surface area contributed by atoms with Gasteiger partial charge in [-0.15, -0.1) is 0 Å². The van der Waals surface area contributed by atoms with Crippen LogP contribution >= 0.6 is 0 Å². The van der Waals surface area contributed by atoms with Gasteiger partial charge in [-0.25, -0.2) is 18.4 Å². The lowest BCUT2D eigenvalue weighted by atomic mass is 10.1. The number of sulfonamides is 1. The average Bonchev–Trinajstić information content (AvgIpc) is 2.70. The Bertz CT molecular complexity index is 926. The summed E-state index contributed by atoms with van der Waals surface area (Å²) in [6, 6.07) is 7.19. The first-order valence-electron chi connectivity index (χ1n) is 9.22. The maximum Gasteiger partial charge on any atom is 0.251 e.